The van der Waals surface area contributed by atoms with Gasteiger partial charge in [-0.25, -0.2) is 4.79 Å². The lowest BCUT2D eigenvalue weighted by atomic mass is 9.98. The molecular formula is C28H34N2O5. The largest absolute Gasteiger partial charge is 0.481 e. The molecule has 2 amide bonds. The molecule has 7 heteroatoms. The molecule has 2 aromatic carbocycles. The summed E-state index contributed by atoms with van der Waals surface area (Å²) in [4.78, 5) is 35.5. The van der Waals surface area contributed by atoms with Crippen LogP contribution in [0.2, 0.25) is 0 Å². The summed E-state index contributed by atoms with van der Waals surface area (Å²) in [5, 5.41) is 14.7. The molecule has 0 aromatic heterocycles. The van der Waals surface area contributed by atoms with Crippen LogP contribution in [0.25, 0.3) is 11.1 Å². The quantitative estimate of drug-likeness (QED) is 0.459. The molecule has 2 aliphatic carbocycles. The summed E-state index contributed by atoms with van der Waals surface area (Å²) in [7, 11) is 0. The number of alkyl carbamates (subject to hydrolysis) is 1. The third-order valence-electron chi connectivity index (χ3n) is 7.18. The summed E-state index contributed by atoms with van der Waals surface area (Å²) in [6, 6.07) is 16.5. The van der Waals surface area contributed by atoms with Crippen molar-refractivity contribution in [2.24, 2.45) is 11.8 Å². The fraction of sp³-hybridized carbons (Fsp3) is 0.464. The molecule has 1 fully saturated rings. The van der Waals surface area contributed by atoms with Crippen LogP contribution in [-0.4, -0.2) is 42.3 Å². The van der Waals surface area contributed by atoms with E-state index in [0.29, 0.717) is 26.0 Å². The Morgan fingerprint density at radius 1 is 1.03 bits per heavy atom. The molecule has 186 valence electrons. The molecule has 2 aliphatic rings. The first kappa shape index (κ1) is 24.8. The molecule has 1 saturated carbocycles. The summed E-state index contributed by atoms with van der Waals surface area (Å²) in [6.07, 6.45) is 3.15. The van der Waals surface area contributed by atoms with Crippen LogP contribution in [0.1, 0.15) is 62.5 Å². The second-order valence-corrected chi connectivity index (χ2v) is 9.89. The zero-order chi connectivity index (χ0) is 24.8. The van der Waals surface area contributed by atoms with E-state index in [9.17, 15) is 14.4 Å². The van der Waals surface area contributed by atoms with Crippen molar-refractivity contribution in [2.75, 3.05) is 13.2 Å². The molecule has 0 bridgehead atoms. The predicted octanol–water partition coefficient (Wildman–Crippen LogP) is 4.70. The molecular weight excluding hydrogens is 444 g/mol. The minimum Gasteiger partial charge on any atom is -0.481 e. The van der Waals surface area contributed by atoms with Crippen molar-refractivity contribution in [1.82, 2.24) is 10.6 Å². The van der Waals surface area contributed by atoms with Gasteiger partial charge in [0.2, 0.25) is 5.91 Å². The lowest BCUT2D eigenvalue weighted by molar-refractivity contribution is -0.137. The van der Waals surface area contributed by atoms with Crippen LogP contribution < -0.4 is 10.6 Å². The fourth-order valence-electron chi connectivity index (χ4n) is 5.29. The first-order chi connectivity index (χ1) is 16.9. The Balaban J connectivity index is 1.19. The molecule has 2 aromatic rings. The van der Waals surface area contributed by atoms with E-state index in [1.807, 2.05) is 31.2 Å². The number of amides is 2. The van der Waals surface area contributed by atoms with E-state index in [0.717, 1.165) is 19.3 Å². The molecule has 0 saturated heterocycles. The average molecular weight is 479 g/mol. The molecule has 3 atom stereocenters. The number of benzene rings is 2. The van der Waals surface area contributed by atoms with Crippen LogP contribution in [0.3, 0.4) is 0 Å². The summed E-state index contributed by atoms with van der Waals surface area (Å²) in [5.41, 5.74) is 4.77. The number of fused-ring (bicyclic) bond motifs is 3. The van der Waals surface area contributed by atoms with Crippen LogP contribution in [0.4, 0.5) is 4.79 Å². The number of carbonyl (C=O) groups excluding carboxylic acids is 2. The first-order valence-corrected chi connectivity index (χ1v) is 12.5. The van der Waals surface area contributed by atoms with Gasteiger partial charge in [0.15, 0.2) is 0 Å². The number of nitrogens with one attached hydrogen (secondary N) is 2. The summed E-state index contributed by atoms with van der Waals surface area (Å²) in [5.74, 6) is -0.445. The Bertz CT molecular complexity index is 1020. The van der Waals surface area contributed by atoms with Crippen LogP contribution in [0.5, 0.6) is 0 Å². The maximum atomic E-state index is 12.5. The van der Waals surface area contributed by atoms with Crippen LogP contribution in [0.15, 0.2) is 48.5 Å². The highest BCUT2D eigenvalue weighted by molar-refractivity contribution is 5.79. The molecule has 0 radical (unpaired) electrons. The zero-order valence-electron chi connectivity index (χ0n) is 20.2. The maximum absolute atomic E-state index is 12.5. The SMILES string of the molecule is CC(CCC(=O)O)CNC(=O)CC1CCC(NC(=O)OCC2c3ccccc3-c3ccccc32)C1. The number of carboxylic acid groups (broad SMARTS) is 1. The predicted molar refractivity (Wildman–Crippen MR) is 133 cm³/mol. The lowest BCUT2D eigenvalue weighted by Crippen LogP contribution is -2.34. The minimum absolute atomic E-state index is 0.0120. The van der Waals surface area contributed by atoms with E-state index >= 15 is 0 Å². The second kappa shape index (κ2) is 11.4. The third kappa shape index (κ3) is 6.41. The van der Waals surface area contributed by atoms with Gasteiger partial charge in [-0.05, 0) is 59.8 Å². The van der Waals surface area contributed by atoms with Crippen LogP contribution >= 0.6 is 0 Å². The van der Waals surface area contributed by atoms with Crippen molar-refractivity contribution in [3.05, 3.63) is 59.7 Å². The van der Waals surface area contributed by atoms with Gasteiger partial charge in [0, 0.05) is 31.3 Å². The van der Waals surface area contributed by atoms with Gasteiger partial charge >= 0.3 is 12.1 Å². The highest BCUT2D eigenvalue weighted by atomic mass is 16.5. The summed E-state index contributed by atoms with van der Waals surface area (Å²) >= 11 is 0. The normalized spacial score (nSPS) is 19.5. The van der Waals surface area contributed by atoms with E-state index in [-0.39, 0.29) is 36.1 Å². The fourth-order valence-corrected chi connectivity index (χ4v) is 5.29. The third-order valence-corrected chi connectivity index (χ3v) is 7.18. The van der Waals surface area contributed by atoms with Crippen molar-refractivity contribution < 1.29 is 24.2 Å². The Labute approximate surface area is 206 Å². The van der Waals surface area contributed by atoms with E-state index in [1.165, 1.54) is 22.3 Å². The highest BCUT2D eigenvalue weighted by Crippen LogP contribution is 2.44. The van der Waals surface area contributed by atoms with Crippen molar-refractivity contribution in [1.29, 1.82) is 0 Å². The maximum Gasteiger partial charge on any atom is 0.407 e. The Hall–Kier alpha value is -3.35. The Morgan fingerprint density at radius 3 is 2.34 bits per heavy atom. The molecule has 4 rings (SSSR count). The van der Waals surface area contributed by atoms with Gasteiger partial charge in [-0.2, -0.15) is 0 Å². The van der Waals surface area contributed by atoms with Crippen molar-refractivity contribution in [2.45, 2.75) is 57.4 Å². The molecule has 3 N–H and O–H groups in total. The standard InChI is InChI=1S/C28H34N2O5/c1-18(10-13-27(32)33)16-29-26(31)15-19-11-12-20(14-19)30-28(34)35-17-25-23-8-4-2-6-21(23)22-7-3-5-9-24(22)25/h2-9,18-20,25H,10-17H2,1H3,(H,29,31)(H,30,34)(H,32,33). The highest BCUT2D eigenvalue weighted by Gasteiger charge is 2.31. The topological polar surface area (TPSA) is 105 Å². The first-order valence-electron chi connectivity index (χ1n) is 12.5. The average Bonchev–Trinajstić information content (AvgIpc) is 3.41. The molecule has 0 aliphatic heterocycles. The molecule has 3 unspecified atom stereocenters. The number of hydrogen-bond donors (Lipinski definition) is 3. The van der Waals surface area contributed by atoms with Crippen LogP contribution in [0, 0.1) is 11.8 Å². The van der Waals surface area contributed by atoms with Gasteiger partial charge in [0.1, 0.15) is 6.61 Å². The van der Waals surface area contributed by atoms with Crippen LogP contribution in [-0.2, 0) is 14.3 Å². The van der Waals surface area contributed by atoms with Gasteiger partial charge in [0.25, 0.3) is 0 Å². The van der Waals surface area contributed by atoms with E-state index in [2.05, 4.69) is 34.9 Å². The summed E-state index contributed by atoms with van der Waals surface area (Å²) < 4.78 is 5.65. The minimum atomic E-state index is -0.816. The van der Waals surface area contributed by atoms with Gasteiger partial charge in [-0.3, -0.25) is 9.59 Å². The van der Waals surface area contributed by atoms with Crippen molar-refractivity contribution >= 4 is 18.0 Å². The summed E-state index contributed by atoms with van der Waals surface area (Å²) in [6.45, 7) is 2.71. The number of carboxylic acids is 1. The van der Waals surface area contributed by atoms with Crippen molar-refractivity contribution in [3.8, 4) is 11.1 Å². The van der Waals surface area contributed by atoms with E-state index < -0.39 is 12.1 Å². The van der Waals surface area contributed by atoms with Gasteiger partial charge < -0.3 is 20.5 Å². The number of carbonyl (C=O) groups is 3. The monoisotopic (exact) mass is 478 g/mol. The van der Waals surface area contributed by atoms with E-state index in [1.54, 1.807) is 0 Å². The second-order valence-electron chi connectivity index (χ2n) is 9.89. The van der Waals surface area contributed by atoms with Gasteiger partial charge in [-0.15, -0.1) is 0 Å². The number of hydrogen-bond acceptors (Lipinski definition) is 4. The zero-order valence-corrected chi connectivity index (χ0v) is 20.2. The number of rotatable bonds is 10. The number of ether oxygens (including phenoxy) is 1. The molecule has 0 heterocycles. The van der Waals surface area contributed by atoms with Crippen molar-refractivity contribution in [3.63, 3.8) is 0 Å². The van der Waals surface area contributed by atoms with Gasteiger partial charge in [0.05, 0.1) is 0 Å². The molecule has 35 heavy (non-hydrogen) atoms. The lowest BCUT2D eigenvalue weighted by Gasteiger charge is -2.17. The number of aliphatic carboxylic acids is 1. The smallest absolute Gasteiger partial charge is 0.407 e. The molecule has 0 spiro atoms. The Morgan fingerprint density at radius 2 is 1.69 bits per heavy atom. The van der Waals surface area contributed by atoms with Gasteiger partial charge in [-0.1, -0.05) is 55.5 Å². The van der Waals surface area contributed by atoms with E-state index in [4.69, 9.17) is 9.84 Å². The molecule has 7 nitrogen and oxygen atoms in total. The Kier molecular flexibility index (Phi) is 8.06.